The second-order valence-electron chi connectivity index (χ2n) is 6.78. The third kappa shape index (κ3) is 4.16. The van der Waals surface area contributed by atoms with Crippen LogP contribution in [0.5, 0.6) is 0 Å². The van der Waals surface area contributed by atoms with E-state index in [0.29, 0.717) is 23.5 Å². The standard InChI is InChI=1S/C20H27O3P/c1-17(2)11-9-10-16-20(24(21,22)23,18-12-5-3-6-13-18)19-14-7-4-8-15-19/h3-8,12-15,17H,9-11,16H2,1-2H3,(H2,21,22,23). The molecule has 0 aliphatic carbocycles. The molecule has 0 saturated carbocycles. The summed E-state index contributed by atoms with van der Waals surface area (Å²) >= 11 is 0. The predicted octanol–water partition coefficient (Wildman–Crippen LogP) is 5.32. The third-order valence-corrected chi connectivity index (χ3v) is 6.30. The average Bonchev–Trinajstić information content (AvgIpc) is 2.55. The first kappa shape index (κ1) is 18.9. The molecule has 0 spiro atoms. The van der Waals surface area contributed by atoms with Gasteiger partial charge < -0.3 is 9.79 Å². The van der Waals surface area contributed by atoms with E-state index in [0.717, 1.165) is 19.3 Å². The molecule has 2 aromatic rings. The minimum atomic E-state index is -4.41. The van der Waals surface area contributed by atoms with Gasteiger partial charge in [0.15, 0.2) is 0 Å². The fourth-order valence-corrected chi connectivity index (χ4v) is 4.72. The fraction of sp³-hybridized carbons (Fsp3) is 0.400. The molecule has 0 aliphatic heterocycles. The topological polar surface area (TPSA) is 57.5 Å². The van der Waals surface area contributed by atoms with Crippen molar-refractivity contribution in [3.63, 3.8) is 0 Å². The van der Waals surface area contributed by atoms with Crippen molar-refractivity contribution in [2.75, 3.05) is 0 Å². The Morgan fingerprint density at radius 1 is 0.875 bits per heavy atom. The van der Waals surface area contributed by atoms with Crippen LogP contribution in [0, 0.1) is 5.92 Å². The van der Waals surface area contributed by atoms with E-state index in [4.69, 9.17) is 0 Å². The molecule has 2 N–H and O–H groups in total. The quantitative estimate of drug-likeness (QED) is 0.502. The van der Waals surface area contributed by atoms with Gasteiger partial charge in [0.2, 0.25) is 0 Å². The van der Waals surface area contributed by atoms with Crippen molar-refractivity contribution in [3.8, 4) is 0 Å². The summed E-state index contributed by atoms with van der Waals surface area (Å²) in [5.41, 5.74) is 1.38. The maximum atomic E-state index is 12.7. The van der Waals surface area contributed by atoms with E-state index in [1.54, 1.807) is 0 Å². The zero-order valence-corrected chi connectivity index (χ0v) is 15.3. The smallest absolute Gasteiger partial charge is 0.324 e. The Morgan fingerprint density at radius 3 is 1.71 bits per heavy atom. The van der Waals surface area contributed by atoms with Gasteiger partial charge in [-0.2, -0.15) is 0 Å². The first-order chi connectivity index (χ1) is 11.4. The van der Waals surface area contributed by atoms with Crippen LogP contribution in [0.2, 0.25) is 0 Å². The first-order valence-corrected chi connectivity index (χ1v) is 10.2. The molecule has 0 heterocycles. The first-order valence-electron chi connectivity index (χ1n) is 8.54. The molecule has 0 atom stereocenters. The lowest BCUT2D eigenvalue weighted by Crippen LogP contribution is -2.28. The van der Waals surface area contributed by atoms with Gasteiger partial charge >= 0.3 is 7.60 Å². The van der Waals surface area contributed by atoms with Crippen LogP contribution >= 0.6 is 7.60 Å². The van der Waals surface area contributed by atoms with Crippen molar-refractivity contribution in [1.29, 1.82) is 0 Å². The van der Waals surface area contributed by atoms with E-state index in [9.17, 15) is 14.4 Å². The molecule has 24 heavy (non-hydrogen) atoms. The molecule has 0 aromatic heterocycles. The van der Waals surface area contributed by atoms with Gasteiger partial charge in [-0.15, -0.1) is 0 Å². The van der Waals surface area contributed by atoms with Gasteiger partial charge in [0.05, 0.1) is 0 Å². The summed E-state index contributed by atoms with van der Waals surface area (Å²) in [7, 11) is -4.41. The molecule has 0 aliphatic rings. The zero-order valence-electron chi connectivity index (χ0n) is 14.4. The van der Waals surface area contributed by atoms with Gasteiger partial charge in [-0.3, -0.25) is 4.57 Å². The van der Waals surface area contributed by atoms with Gasteiger partial charge in [0.25, 0.3) is 0 Å². The van der Waals surface area contributed by atoms with E-state index in [1.807, 2.05) is 60.7 Å². The van der Waals surface area contributed by atoms with E-state index in [-0.39, 0.29) is 0 Å². The van der Waals surface area contributed by atoms with Gasteiger partial charge in [-0.25, -0.2) is 0 Å². The lowest BCUT2D eigenvalue weighted by Gasteiger charge is -2.35. The number of hydrogen-bond donors (Lipinski definition) is 2. The molecule has 3 nitrogen and oxygen atoms in total. The highest BCUT2D eigenvalue weighted by atomic mass is 31.2. The van der Waals surface area contributed by atoms with Crippen molar-refractivity contribution in [3.05, 3.63) is 71.8 Å². The molecule has 0 fully saturated rings. The average molecular weight is 346 g/mol. The van der Waals surface area contributed by atoms with E-state index in [1.165, 1.54) is 0 Å². The number of hydrogen-bond acceptors (Lipinski definition) is 1. The number of rotatable bonds is 8. The van der Waals surface area contributed by atoms with Crippen LogP contribution in [-0.4, -0.2) is 9.79 Å². The Hall–Kier alpha value is -1.41. The second kappa shape index (κ2) is 8.11. The Morgan fingerprint density at radius 2 is 1.33 bits per heavy atom. The molecule has 2 aromatic carbocycles. The van der Waals surface area contributed by atoms with E-state index < -0.39 is 12.8 Å². The highest BCUT2D eigenvalue weighted by Crippen LogP contribution is 2.63. The summed E-state index contributed by atoms with van der Waals surface area (Å²) in [6, 6.07) is 18.4. The van der Waals surface area contributed by atoms with Crippen LogP contribution in [-0.2, 0) is 9.72 Å². The van der Waals surface area contributed by atoms with Crippen molar-refractivity contribution < 1.29 is 14.4 Å². The van der Waals surface area contributed by atoms with Gasteiger partial charge in [-0.05, 0) is 23.5 Å². The molecular formula is C20H27O3P. The van der Waals surface area contributed by atoms with Gasteiger partial charge in [0.1, 0.15) is 5.16 Å². The lowest BCUT2D eigenvalue weighted by atomic mass is 9.85. The van der Waals surface area contributed by atoms with Gasteiger partial charge in [-0.1, -0.05) is 93.8 Å². The SMILES string of the molecule is CC(C)CCCCC(c1ccccc1)(c1ccccc1)P(=O)(O)O. The van der Waals surface area contributed by atoms with Crippen LogP contribution in [0.15, 0.2) is 60.7 Å². The molecule has 2 rings (SSSR count). The summed E-state index contributed by atoms with van der Waals surface area (Å²) in [6.07, 6.45) is 3.27. The Balaban J connectivity index is 2.47. The van der Waals surface area contributed by atoms with Crippen molar-refractivity contribution in [2.24, 2.45) is 5.92 Å². The second-order valence-corrected chi connectivity index (χ2v) is 8.63. The molecule has 0 saturated heterocycles. The minimum Gasteiger partial charge on any atom is -0.324 e. The Bertz CT molecular complexity index is 622. The molecule has 4 heteroatoms. The predicted molar refractivity (Wildman–Crippen MR) is 99.0 cm³/mol. The van der Waals surface area contributed by atoms with E-state index >= 15 is 0 Å². The van der Waals surface area contributed by atoms with Crippen molar-refractivity contribution in [2.45, 2.75) is 44.7 Å². The van der Waals surface area contributed by atoms with Gasteiger partial charge in [0, 0.05) is 0 Å². The van der Waals surface area contributed by atoms with Crippen molar-refractivity contribution >= 4 is 7.60 Å². The summed E-state index contributed by atoms with van der Waals surface area (Å²) < 4.78 is 12.7. The maximum absolute atomic E-state index is 12.7. The van der Waals surface area contributed by atoms with Crippen LogP contribution in [0.4, 0.5) is 0 Å². The molecule has 0 bridgehead atoms. The largest absolute Gasteiger partial charge is 0.340 e. The summed E-state index contributed by atoms with van der Waals surface area (Å²) in [5.74, 6) is 0.600. The summed E-state index contributed by atoms with van der Waals surface area (Å²) in [4.78, 5) is 20.7. The molecule has 0 amide bonds. The number of unbranched alkanes of at least 4 members (excludes halogenated alkanes) is 1. The van der Waals surface area contributed by atoms with Crippen LogP contribution in [0.25, 0.3) is 0 Å². The Kier molecular flexibility index (Phi) is 6.40. The minimum absolute atomic E-state index is 0.442. The lowest BCUT2D eigenvalue weighted by molar-refractivity contribution is 0.328. The molecular weight excluding hydrogens is 319 g/mol. The highest BCUT2D eigenvalue weighted by Gasteiger charge is 2.49. The maximum Gasteiger partial charge on any atom is 0.340 e. The molecule has 0 radical (unpaired) electrons. The monoisotopic (exact) mass is 346 g/mol. The van der Waals surface area contributed by atoms with Crippen LogP contribution in [0.1, 0.15) is 50.7 Å². The van der Waals surface area contributed by atoms with Crippen LogP contribution in [0.3, 0.4) is 0 Å². The van der Waals surface area contributed by atoms with Crippen molar-refractivity contribution in [1.82, 2.24) is 0 Å². The molecule has 0 unspecified atom stereocenters. The highest BCUT2D eigenvalue weighted by molar-refractivity contribution is 7.53. The molecule has 130 valence electrons. The normalized spacial score (nSPS) is 12.5. The number of benzene rings is 2. The zero-order chi connectivity index (χ0) is 17.6. The summed E-state index contributed by atoms with van der Waals surface area (Å²) in [6.45, 7) is 4.34. The third-order valence-electron chi connectivity index (χ3n) is 4.57. The Labute approximate surface area is 144 Å². The fourth-order valence-electron chi connectivity index (χ4n) is 3.30. The summed E-state index contributed by atoms with van der Waals surface area (Å²) in [5, 5.41) is -1.27. The van der Waals surface area contributed by atoms with Crippen LogP contribution < -0.4 is 0 Å². The van der Waals surface area contributed by atoms with E-state index in [2.05, 4.69) is 13.8 Å².